The molecule has 0 aliphatic rings. The van der Waals surface area contributed by atoms with Crippen molar-refractivity contribution in [2.45, 2.75) is 20.5 Å². The molecule has 1 heterocycles. The quantitative estimate of drug-likeness (QED) is 0.801. The van der Waals surface area contributed by atoms with Crippen LogP contribution in [0.5, 0.6) is 0 Å². The Morgan fingerprint density at radius 2 is 1.57 bits per heavy atom. The number of hydrogen-bond donors (Lipinski definition) is 1. The van der Waals surface area contributed by atoms with Crippen LogP contribution in [0.1, 0.15) is 17.0 Å². The van der Waals surface area contributed by atoms with E-state index in [-0.39, 0.29) is 6.61 Å². The van der Waals surface area contributed by atoms with Crippen molar-refractivity contribution >= 4 is 0 Å². The van der Waals surface area contributed by atoms with Crippen LogP contribution in [0.4, 0.5) is 0 Å². The molecule has 0 aliphatic heterocycles. The molecule has 3 aromatic rings. The fourth-order valence-corrected chi connectivity index (χ4v) is 2.60. The molecule has 1 aromatic heterocycles. The van der Waals surface area contributed by atoms with Crippen LogP contribution in [-0.2, 0) is 6.61 Å². The molecule has 4 heteroatoms. The zero-order valence-corrected chi connectivity index (χ0v) is 12.1. The number of benzene rings is 2. The maximum absolute atomic E-state index is 9.56. The van der Waals surface area contributed by atoms with E-state index in [0.29, 0.717) is 5.82 Å². The minimum atomic E-state index is -0.146. The monoisotopic (exact) mass is 279 g/mol. The van der Waals surface area contributed by atoms with Gasteiger partial charge in [-0.05, 0) is 37.1 Å². The number of hydrogen-bond acceptors (Lipinski definition) is 3. The van der Waals surface area contributed by atoms with Crippen LogP contribution < -0.4 is 0 Å². The summed E-state index contributed by atoms with van der Waals surface area (Å²) in [6.45, 7) is 3.97. The number of rotatable bonds is 3. The SMILES string of the molecule is Cc1cccc(C)c1-c1nnc(CO)n1-c1ccccc1. The van der Waals surface area contributed by atoms with Crippen molar-refractivity contribution in [2.24, 2.45) is 0 Å². The van der Waals surface area contributed by atoms with E-state index in [2.05, 4.69) is 36.2 Å². The smallest absolute Gasteiger partial charge is 0.169 e. The fraction of sp³-hybridized carbons (Fsp3) is 0.176. The van der Waals surface area contributed by atoms with E-state index in [1.165, 1.54) is 0 Å². The predicted molar refractivity (Wildman–Crippen MR) is 82.2 cm³/mol. The standard InChI is InChI=1S/C17H17N3O/c1-12-7-6-8-13(2)16(12)17-19-18-15(11-21)20(17)14-9-4-3-5-10-14/h3-10,21H,11H2,1-2H3. The first kappa shape index (κ1) is 13.5. The van der Waals surface area contributed by atoms with E-state index >= 15 is 0 Å². The molecule has 1 N–H and O–H groups in total. The largest absolute Gasteiger partial charge is 0.388 e. The van der Waals surface area contributed by atoms with Crippen LogP contribution in [0.2, 0.25) is 0 Å². The van der Waals surface area contributed by atoms with E-state index < -0.39 is 0 Å². The van der Waals surface area contributed by atoms with Gasteiger partial charge in [-0.1, -0.05) is 36.4 Å². The summed E-state index contributed by atoms with van der Waals surface area (Å²) in [4.78, 5) is 0. The van der Waals surface area contributed by atoms with Gasteiger partial charge in [-0.15, -0.1) is 10.2 Å². The Balaban J connectivity index is 2.28. The summed E-state index contributed by atoms with van der Waals surface area (Å²) >= 11 is 0. The molecule has 106 valence electrons. The van der Waals surface area contributed by atoms with Crippen LogP contribution in [-0.4, -0.2) is 19.9 Å². The van der Waals surface area contributed by atoms with Gasteiger partial charge in [-0.3, -0.25) is 4.57 Å². The third-order valence-corrected chi connectivity index (χ3v) is 3.59. The lowest BCUT2D eigenvalue weighted by atomic mass is 10.0. The summed E-state index contributed by atoms with van der Waals surface area (Å²) in [5, 5.41) is 18.0. The van der Waals surface area contributed by atoms with Gasteiger partial charge in [-0.2, -0.15) is 0 Å². The molecule has 0 saturated heterocycles. The summed E-state index contributed by atoms with van der Waals surface area (Å²) in [6.07, 6.45) is 0. The molecule has 4 nitrogen and oxygen atoms in total. The third kappa shape index (κ3) is 2.34. The average molecular weight is 279 g/mol. The minimum absolute atomic E-state index is 0.146. The van der Waals surface area contributed by atoms with E-state index in [1.807, 2.05) is 41.0 Å². The second-order valence-electron chi connectivity index (χ2n) is 5.04. The number of aryl methyl sites for hydroxylation is 2. The first-order valence-corrected chi connectivity index (χ1v) is 6.89. The summed E-state index contributed by atoms with van der Waals surface area (Å²) in [7, 11) is 0. The van der Waals surface area contributed by atoms with Crippen LogP contribution in [0, 0.1) is 13.8 Å². The lowest BCUT2D eigenvalue weighted by molar-refractivity contribution is 0.269. The third-order valence-electron chi connectivity index (χ3n) is 3.59. The Bertz CT molecular complexity index is 743. The Morgan fingerprint density at radius 3 is 2.19 bits per heavy atom. The lowest BCUT2D eigenvalue weighted by Gasteiger charge is -2.13. The molecule has 0 radical (unpaired) electrons. The van der Waals surface area contributed by atoms with Crippen LogP contribution in [0.3, 0.4) is 0 Å². The van der Waals surface area contributed by atoms with Gasteiger partial charge in [0.15, 0.2) is 11.6 Å². The highest BCUT2D eigenvalue weighted by atomic mass is 16.3. The molecule has 2 aromatic carbocycles. The molecular formula is C17H17N3O. The highest BCUT2D eigenvalue weighted by molar-refractivity contribution is 5.66. The molecule has 0 atom stereocenters. The molecule has 0 amide bonds. The Morgan fingerprint density at radius 1 is 0.905 bits per heavy atom. The number of aliphatic hydroxyl groups is 1. The van der Waals surface area contributed by atoms with Crippen LogP contribution in [0.15, 0.2) is 48.5 Å². The topological polar surface area (TPSA) is 50.9 Å². The predicted octanol–water partition coefficient (Wildman–Crippen LogP) is 3.04. The summed E-state index contributed by atoms with van der Waals surface area (Å²) in [5.41, 5.74) is 4.30. The van der Waals surface area contributed by atoms with Crippen molar-refractivity contribution < 1.29 is 5.11 Å². The van der Waals surface area contributed by atoms with Gasteiger partial charge in [0, 0.05) is 11.3 Å². The van der Waals surface area contributed by atoms with Crippen molar-refractivity contribution in [2.75, 3.05) is 0 Å². The average Bonchev–Trinajstić information content (AvgIpc) is 2.91. The molecule has 0 spiro atoms. The van der Waals surface area contributed by atoms with Gasteiger partial charge in [0.2, 0.25) is 0 Å². The minimum Gasteiger partial charge on any atom is -0.388 e. The molecule has 0 fully saturated rings. The molecule has 0 bridgehead atoms. The summed E-state index contributed by atoms with van der Waals surface area (Å²) < 4.78 is 1.91. The van der Waals surface area contributed by atoms with Crippen molar-refractivity contribution in [3.8, 4) is 17.1 Å². The maximum Gasteiger partial charge on any atom is 0.169 e. The second-order valence-corrected chi connectivity index (χ2v) is 5.04. The van der Waals surface area contributed by atoms with Gasteiger partial charge >= 0.3 is 0 Å². The first-order chi connectivity index (χ1) is 10.2. The normalized spacial score (nSPS) is 10.8. The highest BCUT2D eigenvalue weighted by Gasteiger charge is 2.17. The lowest BCUT2D eigenvalue weighted by Crippen LogP contribution is -2.04. The van der Waals surface area contributed by atoms with E-state index in [4.69, 9.17) is 0 Å². The van der Waals surface area contributed by atoms with Crippen molar-refractivity contribution in [1.29, 1.82) is 0 Å². The van der Waals surface area contributed by atoms with E-state index in [9.17, 15) is 5.11 Å². The van der Waals surface area contributed by atoms with Gasteiger partial charge in [-0.25, -0.2) is 0 Å². The van der Waals surface area contributed by atoms with E-state index in [1.54, 1.807) is 0 Å². The number of aliphatic hydroxyl groups excluding tert-OH is 1. The fourth-order valence-electron chi connectivity index (χ4n) is 2.60. The van der Waals surface area contributed by atoms with Gasteiger partial charge in [0.05, 0.1) is 0 Å². The van der Waals surface area contributed by atoms with Gasteiger partial charge in [0.25, 0.3) is 0 Å². The second kappa shape index (κ2) is 5.50. The molecule has 0 unspecified atom stereocenters. The molecular weight excluding hydrogens is 262 g/mol. The highest BCUT2D eigenvalue weighted by Crippen LogP contribution is 2.28. The molecule has 0 aliphatic carbocycles. The number of para-hydroxylation sites is 1. The van der Waals surface area contributed by atoms with Crippen LogP contribution in [0.25, 0.3) is 17.1 Å². The Hall–Kier alpha value is -2.46. The van der Waals surface area contributed by atoms with Crippen LogP contribution >= 0.6 is 0 Å². The van der Waals surface area contributed by atoms with Gasteiger partial charge in [0.1, 0.15) is 6.61 Å². The molecule has 3 rings (SSSR count). The number of nitrogens with zero attached hydrogens (tertiary/aromatic N) is 3. The Labute approximate surface area is 123 Å². The van der Waals surface area contributed by atoms with E-state index in [0.717, 1.165) is 28.2 Å². The molecule has 0 saturated carbocycles. The van der Waals surface area contributed by atoms with Gasteiger partial charge < -0.3 is 5.11 Å². The molecule has 21 heavy (non-hydrogen) atoms. The van der Waals surface area contributed by atoms with Crippen molar-refractivity contribution in [3.05, 3.63) is 65.5 Å². The zero-order chi connectivity index (χ0) is 14.8. The zero-order valence-electron chi connectivity index (χ0n) is 12.1. The summed E-state index contributed by atoms with van der Waals surface area (Å²) in [6, 6.07) is 16.0. The maximum atomic E-state index is 9.56. The first-order valence-electron chi connectivity index (χ1n) is 6.89. The van der Waals surface area contributed by atoms with Crippen molar-refractivity contribution in [1.82, 2.24) is 14.8 Å². The number of aromatic nitrogens is 3. The Kier molecular flexibility index (Phi) is 3.54. The summed E-state index contributed by atoms with van der Waals surface area (Å²) in [5.74, 6) is 1.31. The van der Waals surface area contributed by atoms with Crippen molar-refractivity contribution in [3.63, 3.8) is 0 Å².